The summed E-state index contributed by atoms with van der Waals surface area (Å²) in [7, 11) is 0. The van der Waals surface area contributed by atoms with Crippen molar-refractivity contribution < 1.29 is 71.9 Å². The molecule has 572 valence electrons. The van der Waals surface area contributed by atoms with E-state index in [1.807, 2.05) is 34.6 Å². The Balaban J connectivity index is 6.20. The van der Waals surface area contributed by atoms with Gasteiger partial charge in [-0.05, 0) is 154 Å². The lowest BCUT2D eigenvalue weighted by molar-refractivity contribution is -0.136. The second kappa shape index (κ2) is 47.1. The Kier molecular flexibility index (Phi) is 43.3. The molecule has 15 atom stereocenters. The van der Waals surface area contributed by atoms with E-state index >= 15 is 0 Å². The van der Waals surface area contributed by atoms with Gasteiger partial charge in [0.05, 0.1) is 12.5 Å². The summed E-state index contributed by atoms with van der Waals surface area (Å²) < 4.78 is 0. The van der Waals surface area contributed by atoms with Gasteiger partial charge in [-0.1, -0.05) is 89.5 Å². The van der Waals surface area contributed by atoms with Crippen LogP contribution in [-0.2, 0) is 71.9 Å². The van der Waals surface area contributed by atoms with E-state index in [4.69, 9.17) is 28.7 Å². The summed E-state index contributed by atoms with van der Waals surface area (Å²) in [6.07, 6.45) is 2.43. The lowest BCUT2D eigenvalue weighted by Crippen LogP contribution is -2.60. The molecule has 0 aliphatic rings. The molecular weight excluding hydrogens is 1300 g/mol. The maximum Gasteiger partial charge on any atom is 0.243 e. The Morgan fingerprint density at radius 2 is 0.500 bits per heavy atom. The summed E-state index contributed by atoms with van der Waals surface area (Å²) in [4.78, 5) is 202. The third-order valence-electron chi connectivity index (χ3n) is 16.2. The molecule has 0 aliphatic carbocycles. The largest absolute Gasteiger partial charge is 0.370 e. The first-order valence-corrected chi connectivity index (χ1v) is 35.2. The van der Waals surface area contributed by atoms with E-state index < -0.39 is 180 Å². The fourth-order valence-corrected chi connectivity index (χ4v) is 10.2. The average molecular weight is 1420 g/mol. The molecule has 0 aromatic heterocycles. The van der Waals surface area contributed by atoms with E-state index in [2.05, 4.69) is 69.1 Å². The predicted octanol–water partition coefficient (Wildman–Crippen LogP) is -2.39. The summed E-state index contributed by atoms with van der Waals surface area (Å²) in [6, 6.07) is -17.2. The van der Waals surface area contributed by atoms with Gasteiger partial charge in [0, 0.05) is 0 Å². The van der Waals surface area contributed by atoms with Crippen molar-refractivity contribution in [3.05, 3.63) is 0 Å². The van der Waals surface area contributed by atoms with Gasteiger partial charge in [0.1, 0.15) is 78.5 Å². The van der Waals surface area contributed by atoms with Crippen LogP contribution >= 0.6 is 0 Å². The Morgan fingerprint density at radius 3 is 0.780 bits per heavy atom. The van der Waals surface area contributed by atoms with E-state index in [1.165, 1.54) is 34.6 Å². The quantitative estimate of drug-likeness (QED) is 0.0283. The fourth-order valence-electron chi connectivity index (χ4n) is 10.2. The summed E-state index contributed by atoms with van der Waals surface area (Å²) in [5.74, 6) is -12.6. The highest BCUT2D eigenvalue weighted by Gasteiger charge is 2.37. The van der Waals surface area contributed by atoms with Crippen molar-refractivity contribution in [2.75, 3.05) is 13.1 Å². The number of amides is 15. The van der Waals surface area contributed by atoms with Crippen LogP contribution in [0, 0.1) is 35.5 Å². The van der Waals surface area contributed by atoms with Crippen LogP contribution in [-0.4, -0.2) is 186 Å². The Labute approximate surface area is 590 Å². The topological polar surface area (TPSA) is 543 Å². The molecule has 0 fully saturated rings. The van der Waals surface area contributed by atoms with Crippen molar-refractivity contribution in [1.29, 1.82) is 0 Å². The molecule has 0 saturated heterocycles. The van der Waals surface area contributed by atoms with Crippen LogP contribution < -0.4 is 97.8 Å². The van der Waals surface area contributed by atoms with Crippen LogP contribution in [0.4, 0.5) is 0 Å². The fraction of sp³-hybridized carbons (Fsp3) is 0.776. The molecule has 23 N–H and O–H groups in total. The van der Waals surface area contributed by atoms with Gasteiger partial charge in [-0.3, -0.25) is 71.9 Å². The zero-order chi connectivity index (χ0) is 77.0. The van der Waals surface area contributed by atoms with Crippen molar-refractivity contribution in [1.82, 2.24) is 69.1 Å². The number of carbonyl (C=O) groups is 15. The maximum atomic E-state index is 14.0. The summed E-state index contributed by atoms with van der Waals surface area (Å²) in [6.45, 7) is 29.0. The van der Waals surface area contributed by atoms with Gasteiger partial charge in [-0.25, -0.2) is 0 Å². The van der Waals surface area contributed by atoms with Crippen molar-refractivity contribution >= 4 is 88.6 Å². The van der Waals surface area contributed by atoms with Gasteiger partial charge in [0.2, 0.25) is 88.6 Å². The minimum Gasteiger partial charge on any atom is -0.370 e. The maximum absolute atomic E-state index is 14.0. The standard InChI is InChI=1S/C67H124N18O15/c1-18-38(12)53(71)67(100)85-51(32-52(70)86)66(99)84-50(31-37(10)11)64(97)79-45(24-20-22-26-69)61(94)75-42(16)58(91)82-47(28-34(4)5)62(95)76-39(13)55(88)73-40(14)57(90)81-48(29-35(6)7)63(96)77-41(15)56(89)78-44(23-19-21-25-68)60(93)74-43(17)59(92)83-49(30-36(8)9)65(98)80-46(54(72)87)27-33(2)3/h33-51,53H,18-32,68-69,71H2,1-17H3,(H2,70,86)(H2,72,87)(H,73,88)(H,74,93)(H,75,94)(H,76,95)(H,77,96)(H,78,89)(H,79,97)(H,80,98)(H,81,90)(H,82,91)(H,83,92)(H,84,99)(H,85,100)/t38-,39-,40-,41-,42-,43-,44-,45-,46-,47-,48-,49-,50-,51-,53-/m0/s1. The number of hydrogen-bond acceptors (Lipinski definition) is 18. The minimum atomic E-state index is -1.48. The van der Waals surface area contributed by atoms with Crippen LogP contribution in [0.3, 0.4) is 0 Å². The molecule has 33 nitrogen and oxygen atoms in total. The molecule has 0 spiro atoms. The molecule has 0 saturated carbocycles. The SMILES string of the molecule is CC[C@H](C)[C@H](N)C(=O)N[C@@H](CC(N)=O)C(=O)N[C@@H](CC(C)C)C(=O)N[C@@H](CCCCN)C(=O)N[C@@H](C)C(=O)N[C@@H](CC(C)C)C(=O)N[C@@H](C)C(=O)N[C@@H](C)C(=O)N[C@@H](CC(C)C)C(=O)N[C@@H](C)C(=O)N[C@@H](CCCCN)C(=O)N[C@@H](C)C(=O)N[C@@H](CC(C)C)C(=O)N[C@@H](CC(C)C)C(N)=O. The van der Waals surface area contributed by atoms with Crippen molar-refractivity contribution in [2.24, 2.45) is 64.2 Å². The van der Waals surface area contributed by atoms with E-state index in [0.717, 1.165) is 0 Å². The van der Waals surface area contributed by atoms with Crippen LogP contribution in [0.15, 0.2) is 0 Å². The highest BCUT2D eigenvalue weighted by atomic mass is 16.2. The highest BCUT2D eigenvalue weighted by Crippen LogP contribution is 2.14. The van der Waals surface area contributed by atoms with E-state index in [1.54, 1.807) is 48.5 Å². The summed E-state index contributed by atoms with van der Waals surface area (Å²) >= 11 is 0. The molecule has 0 radical (unpaired) electrons. The van der Waals surface area contributed by atoms with Crippen molar-refractivity contribution in [3.8, 4) is 0 Å². The average Bonchev–Trinajstić information content (AvgIpc) is 0.872. The molecule has 0 unspecified atom stereocenters. The molecular formula is C67H124N18O15. The first-order valence-electron chi connectivity index (χ1n) is 35.2. The lowest BCUT2D eigenvalue weighted by atomic mass is 9.98. The number of hydrogen-bond donors (Lipinski definition) is 18. The van der Waals surface area contributed by atoms with Crippen LogP contribution in [0.1, 0.15) is 201 Å². The Bertz CT molecular complexity index is 2720. The Morgan fingerprint density at radius 1 is 0.280 bits per heavy atom. The van der Waals surface area contributed by atoms with Gasteiger partial charge in [0.25, 0.3) is 0 Å². The molecule has 33 heteroatoms. The smallest absolute Gasteiger partial charge is 0.243 e. The second-order valence-electron chi connectivity index (χ2n) is 28.3. The van der Waals surface area contributed by atoms with Gasteiger partial charge in [-0.15, -0.1) is 0 Å². The van der Waals surface area contributed by atoms with Gasteiger partial charge in [-0.2, -0.15) is 0 Å². The third kappa shape index (κ3) is 36.3. The van der Waals surface area contributed by atoms with Gasteiger partial charge < -0.3 is 97.8 Å². The first-order chi connectivity index (χ1) is 46.5. The minimum absolute atomic E-state index is 0.0208. The summed E-state index contributed by atoms with van der Waals surface area (Å²) in [5, 5.41) is 33.7. The molecule has 0 bridgehead atoms. The number of nitrogens with one attached hydrogen (secondary N) is 13. The number of primary amides is 2. The van der Waals surface area contributed by atoms with E-state index in [0.29, 0.717) is 32.1 Å². The molecule has 0 heterocycles. The lowest BCUT2D eigenvalue weighted by Gasteiger charge is -2.28. The molecule has 100 heavy (non-hydrogen) atoms. The normalized spacial score (nSPS) is 15.9. The highest BCUT2D eigenvalue weighted by molar-refractivity contribution is 6.00. The van der Waals surface area contributed by atoms with Crippen molar-refractivity contribution in [2.45, 2.75) is 286 Å². The predicted molar refractivity (Wildman–Crippen MR) is 377 cm³/mol. The van der Waals surface area contributed by atoms with Crippen molar-refractivity contribution in [3.63, 3.8) is 0 Å². The number of rotatable bonds is 49. The monoisotopic (exact) mass is 1420 g/mol. The third-order valence-corrected chi connectivity index (χ3v) is 16.2. The van der Waals surface area contributed by atoms with Crippen LogP contribution in [0.5, 0.6) is 0 Å². The molecule has 15 amide bonds. The first kappa shape index (κ1) is 91.9. The van der Waals surface area contributed by atoms with E-state index in [-0.39, 0.29) is 93.5 Å². The summed E-state index contributed by atoms with van der Waals surface area (Å²) in [5.41, 5.74) is 28.5. The number of nitrogens with two attached hydrogens (primary N) is 5. The van der Waals surface area contributed by atoms with Gasteiger partial charge in [0.15, 0.2) is 0 Å². The molecule has 0 aromatic carbocycles. The second-order valence-corrected chi connectivity index (χ2v) is 28.3. The zero-order valence-corrected chi connectivity index (χ0v) is 62.2. The van der Waals surface area contributed by atoms with Crippen LogP contribution in [0.2, 0.25) is 0 Å². The van der Waals surface area contributed by atoms with Gasteiger partial charge >= 0.3 is 0 Å². The number of carbonyl (C=O) groups excluding carboxylic acids is 15. The molecule has 0 aliphatic heterocycles. The van der Waals surface area contributed by atoms with E-state index in [9.17, 15) is 71.9 Å². The molecule has 0 rings (SSSR count). The number of unbranched alkanes of at least 4 members (excludes halogenated alkanes) is 2. The molecule has 0 aromatic rings. The Hall–Kier alpha value is -8.07. The van der Waals surface area contributed by atoms with Crippen LogP contribution in [0.25, 0.3) is 0 Å². The zero-order valence-electron chi connectivity index (χ0n) is 62.2.